The molecule has 0 N–H and O–H groups in total. The lowest BCUT2D eigenvalue weighted by Crippen LogP contribution is -2.21. The van der Waals surface area contributed by atoms with Crippen LogP contribution in [0.4, 0.5) is 0 Å². The lowest BCUT2D eigenvalue weighted by molar-refractivity contribution is 0.00945. The lowest BCUT2D eigenvalue weighted by atomic mass is 10.1. The van der Waals surface area contributed by atoms with Crippen molar-refractivity contribution >= 4 is 23.2 Å². The lowest BCUT2D eigenvalue weighted by Gasteiger charge is -2.19. The maximum absolute atomic E-state index is 6.05. The van der Waals surface area contributed by atoms with Crippen molar-refractivity contribution < 1.29 is 4.74 Å². The predicted octanol–water partition coefficient (Wildman–Crippen LogP) is 5.57. The monoisotopic (exact) mass is 322 g/mol. The first-order chi connectivity index (χ1) is 10.0. The highest BCUT2D eigenvalue weighted by atomic mass is 35.5. The number of ether oxygens (including phenoxy) is 1. The Morgan fingerprint density at radius 2 is 1.05 bits per heavy atom. The van der Waals surface area contributed by atoms with Crippen LogP contribution in [0.2, 0.25) is 10.0 Å². The van der Waals surface area contributed by atoms with E-state index in [4.69, 9.17) is 27.9 Å². The van der Waals surface area contributed by atoms with E-state index < -0.39 is 0 Å². The first-order valence-corrected chi connectivity index (χ1v) is 7.93. The molecule has 0 aliphatic heterocycles. The Labute approximate surface area is 136 Å². The van der Waals surface area contributed by atoms with Crippen molar-refractivity contribution in [2.24, 2.45) is 0 Å². The minimum atomic E-state index is 0.175. The van der Waals surface area contributed by atoms with Gasteiger partial charge in [0.05, 0.1) is 12.2 Å². The average molecular weight is 323 g/mol. The smallest absolute Gasteiger partial charge is 0.0591 e. The van der Waals surface area contributed by atoms with Crippen LogP contribution >= 0.6 is 23.2 Å². The maximum Gasteiger partial charge on any atom is 0.0591 e. The summed E-state index contributed by atoms with van der Waals surface area (Å²) in [6, 6.07) is 15.9. The van der Waals surface area contributed by atoms with Gasteiger partial charge in [-0.2, -0.15) is 0 Å². The number of hydrogen-bond donors (Lipinski definition) is 0. The standard InChI is InChI=1S/C18H20Cl2O/c1-13(11-15-3-7-17(19)8-4-15)21-14(2)12-16-5-9-18(20)10-6-16/h3-10,13-14H,11-12H2,1-2H3. The van der Waals surface area contributed by atoms with Crippen LogP contribution in [0.5, 0.6) is 0 Å². The highest BCUT2D eigenvalue weighted by Crippen LogP contribution is 2.15. The van der Waals surface area contributed by atoms with E-state index in [0.717, 1.165) is 22.9 Å². The fourth-order valence-corrected chi connectivity index (χ4v) is 2.65. The van der Waals surface area contributed by atoms with E-state index in [0.29, 0.717) is 0 Å². The van der Waals surface area contributed by atoms with E-state index in [1.165, 1.54) is 11.1 Å². The molecule has 0 aliphatic rings. The molecule has 0 aromatic heterocycles. The van der Waals surface area contributed by atoms with Crippen molar-refractivity contribution in [1.29, 1.82) is 0 Å². The Bertz CT molecular complexity index is 497. The van der Waals surface area contributed by atoms with Gasteiger partial charge in [-0.15, -0.1) is 0 Å². The molecule has 0 spiro atoms. The van der Waals surface area contributed by atoms with E-state index in [1.807, 2.05) is 48.5 Å². The van der Waals surface area contributed by atoms with Crippen LogP contribution in [0, 0.1) is 0 Å². The number of hydrogen-bond acceptors (Lipinski definition) is 1. The molecule has 112 valence electrons. The van der Waals surface area contributed by atoms with Crippen molar-refractivity contribution in [3.8, 4) is 0 Å². The summed E-state index contributed by atoms with van der Waals surface area (Å²) >= 11 is 11.8. The van der Waals surface area contributed by atoms with Gasteiger partial charge in [-0.25, -0.2) is 0 Å². The minimum Gasteiger partial charge on any atom is -0.375 e. The van der Waals surface area contributed by atoms with E-state index in [9.17, 15) is 0 Å². The van der Waals surface area contributed by atoms with Gasteiger partial charge in [-0.3, -0.25) is 0 Å². The van der Waals surface area contributed by atoms with Crippen molar-refractivity contribution in [1.82, 2.24) is 0 Å². The summed E-state index contributed by atoms with van der Waals surface area (Å²) in [6.07, 6.45) is 2.13. The summed E-state index contributed by atoms with van der Waals surface area (Å²) in [6.45, 7) is 4.21. The summed E-state index contributed by atoms with van der Waals surface area (Å²) in [5, 5.41) is 1.53. The van der Waals surface area contributed by atoms with Crippen LogP contribution in [-0.4, -0.2) is 12.2 Å². The van der Waals surface area contributed by atoms with Gasteiger partial charge in [0.2, 0.25) is 0 Å². The summed E-state index contributed by atoms with van der Waals surface area (Å²) in [5.41, 5.74) is 2.48. The molecule has 0 saturated heterocycles. The third-order valence-electron chi connectivity index (χ3n) is 3.34. The summed E-state index contributed by atoms with van der Waals surface area (Å²) in [5.74, 6) is 0. The van der Waals surface area contributed by atoms with Crippen LogP contribution in [0.3, 0.4) is 0 Å². The zero-order valence-electron chi connectivity index (χ0n) is 12.4. The number of rotatable bonds is 6. The molecular weight excluding hydrogens is 303 g/mol. The Morgan fingerprint density at radius 1 is 0.714 bits per heavy atom. The van der Waals surface area contributed by atoms with Gasteiger partial charge < -0.3 is 4.74 Å². The third-order valence-corrected chi connectivity index (χ3v) is 3.84. The van der Waals surface area contributed by atoms with Crippen molar-refractivity contribution in [3.05, 3.63) is 69.7 Å². The molecule has 21 heavy (non-hydrogen) atoms. The molecule has 0 amide bonds. The highest BCUT2D eigenvalue weighted by Gasteiger charge is 2.10. The van der Waals surface area contributed by atoms with Crippen LogP contribution < -0.4 is 0 Å². The Balaban J connectivity index is 1.82. The van der Waals surface area contributed by atoms with E-state index >= 15 is 0 Å². The van der Waals surface area contributed by atoms with E-state index in [2.05, 4.69) is 13.8 Å². The molecule has 1 nitrogen and oxygen atoms in total. The molecule has 0 radical (unpaired) electrons. The molecule has 0 saturated carbocycles. The molecule has 0 aliphatic carbocycles. The summed E-state index contributed by atoms with van der Waals surface area (Å²) in [7, 11) is 0. The SMILES string of the molecule is CC(Cc1ccc(Cl)cc1)OC(C)Cc1ccc(Cl)cc1. The first kappa shape index (κ1) is 16.4. The normalized spacial score (nSPS) is 13.9. The molecule has 0 bridgehead atoms. The van der Waals surface area contributed by atoms with Crippen LogP contribution in [0.1, 0.15) is 25.0 Å². The van der Waals surface area contributed by atoms with E-state index in [1.54, 1.807) is 0 Å². The molecule has 2 atom stereocenters. The molecule has 2 aromatic carbocycles. The molecule has 3 heteroatoms. The quantitative estimate of drug-likeness (QED) is 0.675. The Kier molecular flexibility index (Phi) is 6.10. The minimum absolute atomic E-state index is 0.175. The third kappa shape index (κ3) is 5.70. The predicted molar refractivity (Wildman–Crippen MR) is 90.3 cm³/mol. The zero-order chi connectivity index (χ0) is 15.2. The maximum atomic E-state index is 6.05. The molecule has 2 rings (SSSR count). The Morgan fingerprint density at radius 3 is 1.38 bits per heavy atom. The highest BCUT2D eigenvalue weighted by molar-refractivity contribution is 6.30. The van der Waals surface area contributed by atoms with Crippen molar-refractivity contribution in [3.63, 3.8) is 0 Å². The van der Waals surface area contributed by atoms with Crippen molar-refractivity contribution in [2.45, 2.75) is 38.9 Å². The average Bonchev–Trinajstić information content (AvgIpc) is 2.44. The first-order valence-electron chi connectivity index (χ1n) is 7.17. The topological polar surface area (TPSA) is 9.23 Å². The van der Waals surface area contributed by atoms with Crippen LogP contribution in [0.25, 0.3) is 0 Å². The molecular formula is C18H20Cl2O. The second-order valence-electron chi connectivity index (χ2n) is 5.42. The van der Waals surface area contributed by atoms with Gasteiger partial charge in [0.1, 0.15) is 0 Å². The zero-order valence-corrected chi connectivity index (χ0v) is 13.9. The van der Waals surface area contributed by atoms with E-state index in [-0.39, 0.29) is 12.2 Å². The van der Waals surface area contributed by atoms with Crippen LogP contribution in [0.15, 0.2) is 48.5 Å². The van der Waals surface area contributed by atoms with Crippen molar-refractivity contribution in [2.75, 3.05) is 0 Å². The fourth-order valence-electron chi connectivity index (χ4n) is 2.40. The number of benzene rings is 2. The van der Waals surface area contributed by atoms with Gasteiger partial charge in [-0.1, -0.05) is 47.5 Å². The molecule has 2 aromatic rings. The van der Waals surface area contributed by atoms with Gasteiger partial charge in [0, 0.05) is 10.0 Å². The van der Waals surface area contributed by atoms with Gasteiger partial charge >= 0.3 is 0 Å². The molecule has 0 fully saturated rings. The fraction of sp³-hybridized carbons (Fsp3) is 0.333. The second-order valence-corrected chi connectivity index (χ2v) is 6.29. The Hall–Kier alpha value is -1.02. The van der Waals surface area contributed by atoms with Gasteiger partial charge in [-0.05, 0) is 62.1 Å². The number of halogens is 2. The second kappa shape index (κ2) is 7.84. The largest absolute Gasteiger partial charge is 0.375 e. The molecule has 2 unspecified atom stereocenters. The van der Waals surface area contributed by atoms with Gasteiger partial charge in [0.15, 0.2) is 0 Å². The molecule has 0 heterocycles. The summed E-state index contributed by atoms with van der Waals surface area (Å²) < 4.78 is 6.05. The summed E-state index contributed by atoms with van der Waals surface area (Å²) in [4.78, 5) is 0. The van der Waals surface area contributed by atoms with Crippen LogP contribution in [-0.2, 0) is 17.6 Å². The van der Waals surface area contributed by atoms with Gasteiger partial charge in [0.25, 0.3) is 0 Å².